The Morgan fingerprint density at radius 2 is 2.18 bits per heavy atom. The van der Waals surface area contributed by atoms with Crippen LogP contribution in [0.4, 0.5) is 10.6 Å². The molecule has 1 amide bonds. The van der Waals surface area contributed by atoms with Crippen LogP contribution in [0.2, 0.25) is 5.02 Å². The molecule has 2 aromatic heterocycles. The van der Waals surface area contributed by atoms with Crippen molar-refractivity contribution in [3.05, 3.63) is 39.8 Å². The molecule has 5 rings (SSSR count). The summed E-state index contributed by atoms with van der Waals surface area (Å²) in [5.74, 6) is 0.967. The number of benzene rings is 1. The van der Waals surface area contributed by atoms with Gasteiger partial charge in [0.05, 0.1) is 27.7 Å². The molecule has 2 aliphatic rings. The van der Waals surface area contributed by atoms with Crippen molar-refractivity contribution >= 4 is 34.5 Å². The number of amides is 1. The number of rotatable bonds is 3. The first kappa shape index (κ1) is 22.2. The van der Waals surface area contributed by atoms with Gasteiger partial charge in [-0.1, -0.05) is 11.6 Å². The summed E-state index contributed by atoms with van der Waals surface area (Å²) in [6, 6.07) is 3.72. The Morgan fingerprint density at radius 3 is 2.88 bits per heavy atom. The first-order valence-electron chi connectivity index (χ1n) is 10.9. The summed E-state index contributed by atoms with van der Waals surface area (Å²) in [6.07, 6.45) is 0.479. The van der Waals surface area contributed by atoms with Crippen LogP contribution in [0.15, 0.2) is 12.4 Å². The average molecular weight is 483 g/mol. The maximum atomic E-state index is 11.2. The maximum Gasteiger partial charge on any atom is 0.407 e. The number of likely N-dealkylation sites (tertiary alicyclic amines) is 1. The van der Waals surface area contributed by atoms with Gasteiger partial charge in [-0.15, -0.1) is 0 Å². The topological polar surface area (TPSA) is 146 Å². The normalized spacial score (nSPS) is 17.4. The fourth-order valence-electron chi connectivity index (χ4n) is 4.73. The molecule has 1 unspecified atom stereocenters. The maximum absolute atomic E-state index is 11.2. The third kappa shape index (κ3) is 3.46. The van der Waals surface area contributed by atoms with Crippen molar-refractivity contribution in [1.29, 1.82) is 5.26 Å². The van der Waals surface area contributed by atoms with E-state index < -0.39 is 6.09 Å². The molecule has 12 heteroatoms. The second-order valence-corrected chi connectivity index (χ2v) is 8.97. The minimum Gasteiger partial charge on any atom is -0.491 e. The van der Waals surface area contributed by atoms with E-state index in [2.05, 4.69) is 26.0 Å². The molecule has 3 aromatic rings. The lowest BCUT2D eigenvalue weighted by Gasteiger charge is -2.43. The summed E-state index contributed by atoms with van der Waals surface area (Å²) >= 11 is 6.58. The Morgan fingerprint density at radius 1 is 1.41 bits per heavy atom. The highest BCUT2D eigenvalue weighted by Gasteiger charge is 2.37. The summed E-state index contributed by atoms with van der Waals surface area (Å²) in [5, 5.41) is 24.7. The van der Waals surface area contributed by atoms with E-state index in [4.69, 9.17) is 22.1 Å². The fraction of sp³-hybridized carbons (Fsp3) is 0.409. The lowest BCUT2D eigenvalue weighted by atomic mass is 9.97. The molecule has 2 aliphatic heterocycles. The molecule has 4 heterocycles. The zero-order valence-corrected chi connectivity index (χ0v) is 19.5. The lowest BCUT2D eigenvalue weighted by Crippen LogP contribution is -2.60. The number of aryl methyl sites for hydroxylation is 1. The molecular weight excluding hydrogens is 460 g/mol. The van der Waals surface area contributed by atoms with Gasteiger partial charge in [0.25, 0.3) is 0 Å². The largest absolute Gasteiger partial charge is 0.491 e. The van der Waals surface area contributed by atoms with Crippen LogP contribution in [0, 0.1) is 18.3 Å². The van der Waals surface area contributed by atoms with Gasteiger partial charge in [-0.25, -0.2) is 19.4 Å². The monoisotopic (exact) mass is 482 g/mol. The zero-order valence-electron chi connectivity index (χ0n) is 18.7. The van der Waals surface area contributed by atoms with Gasteiger partial charge in [-0.05, 0) is 19.9 Å². The number of aromatic nitrogens is 4. The molecule has 0 saturated carbocycles. The van der Waals surface area contributed by atoms with E-state index in [-0.39, 0.29) is 12.1 Å². The zero-order chi connectivity index (χ0) is 24.1. The molecule has 1 aromatic carbocycles. The van der Waals surface area contributed by atoms with E-state index in [1.54, 1.807) is 10.7 Å². The predicted molar refractivity (Wildman–Crippen MR) is 124 cm³/mol. The van der Waals surface area contributed by atoms with Gasteiger partial charge in [0.15, 0.2) is 5.65 Å². The van der Waals surface area contributed by atoms with E-state index in [0.29, 0.717) is 77.2 Å². The number of hydrogen-bond donors (Lipinski definition) is 2. The number of nitrogens with zero attached hydrogens (tertiary/aromatic N) is 7. The Balaban J connectivity index is 1.57. The Hall–Kier alpha value is -3.62. The highest BCUT2D eigenvalue weighted by molar-refractivity contribution is 6.32. The van der Waals surface area contributed by atoms with E-state index in [9.17, 15) is 15.2 Å². The molecule has 3 N–H and O–H groups in total. The van der Waals surface area contributed by atoms with Crippen molar-refractivity contribution in [3.63, 3.8) is 0 Å². The van der Waals surface area contributed by atoms with E-state index in [1.165, 1.54) is 11.2 Å². The van der Waals surface area contributed by atoms with Crippen LogP contribution in [0.3, 0.4) is 0 Å². The van der Waals surface area contributed by atoms with E-state index >= 15 is 0 Å². The van der Waals surface area contributed by atoms with E-state index in [0.717, 1.165) is 5.56 Å². The third-order valence-electron chi connectivity index (χ3n) is 6.62. The Kier molecular flexibility index (Phi) is 5.42. The molecule has 1 fully saturated rings. The number of nitriles is 1. The van der Waals surface area contributed by atoms with Crippen LogP contribution in [-0.4, -0.2) is 73.0 Å². The number of halogens is 1. The van der Waals surface area contributed by atoms with Gasteiger partial charge < -0.3 is 20.5 Å². The summed E-state index contributed by atoms with van der Waals surface area (Å²) in [6.45, 7) is 6.11. The smallest absolute Gasteiger partial charge is 0.407 e. The summed E-state index contributed by atoms with van der Waals surface area (Å²) in [4.78, 5) is 23.2. The van der Waals surface area contributed by atoms with Crippen LogP contribution in [0.25, 0.3) is 11.0 Å². The lowest BCUT2D eigenvalue weighted by molar-refractivity contribution is 0.0306. The first-order chi connectivity index (χ1) is 16.3. The van der Waals surface area contributed by atoms with E-state index in [1.807, 2.05) is 13.8 Å². The number of fused-ring (bicyclic) bond motifs is 2. The average Bonchev–Trinajstić information content (AvgIpc) is 2.95. The van der Waals surface area contributed by atoms with Crippen molar-refractivity contribution in [2.45, 2.75) is 32.5 Å². The predicted octanol–water partition coefficient (Wildman–Crippen LogP) is 2.41. The SMILES string of the molecule is Cc1nn(C(C)c2cc(Cl)c(C#N)c3c2OCCN(C2CN(C(=O)O)C2)C3)c2ncnc(N)c12. The minimum absolute atomic E-state index is 0.0643. The highest BCUT2D eigenvalue weighted by atomic mass is 35.5. The van der Waals surface area contributed by atoms with Crippen LogP contribution >= 0.6 is 11.6 Å². The molecule has 1 atom stereocenters. The fourth-order valence-corrected chi connectivity index (χ4v) is 5.00. The van der Waals surface area contributed by atoms with Gasteiger partial charge >= 0.3 is 6.09 Å². The number of anilines is 1. The standard InChI is InChI=1S/C22H23ClN8O3/c1-11-18-20(25)26-10-27-21(18)31(28-11)12(2)14-5-17(23)15(6-24)16-9-29(3-4-34-19(14)16)13-7-30(8-13)22(32)33/h5,10,12-13H,3-4,7-9H2,1-2H3,(H,32,33)(H2,25,26,27). The van der Waals surface area contributed by atoms with Crippen molar-refractivity contribution < 1.29 is 14.6 Å². The molecule has 0 spiro atoms. The number of ether oxygens (including phenoxy) is 1. The molecule has 0 aliphatic carbocycles. The summed E-state index contributed by atoms with van der Waals surface area (Å²) < 4.78 is 7.97. The van der Waals surface area contributed by atoms with Crippen molar-refractivity contribution in [3.8, 4) is 11.8 Å². The minimum atomic E-state index is -0.925. The quantitative estimate of drug-likeness (QED) is 0.574. The van der Waals surface area contributed by atoms with Gasteiger partial charge in [-0.3, -0.25) is 4.90 Å². The van der Waals surface area contributed by atoms with Crippen LogP contribution in [0.5, 0.6) is 5.75 Å². The molecule has 11 nitrogen and oxygen atoms in total. The van der Waals surface area contributed by atoms with Crippen molar-refractivity contribution in [2.24, 2.45) is 0 Å². The first-order valence-corrected chi connectivity index (χ1v) is 11.2. The summed E-state index contributed by atoms with van der Waals surface area (Å²) in [7, 11) is 0. The Bertz CT molecular complexity index is 1340. The number of carbonyl (C=O) groups is 1. The number of nitrogens with two attached hydrogens (primary N) is 1. The molecule has 34 heavy (non-hydrogen) atoms. The van der Waals surface area contributed by atoms with Gasteiger partial charge in [-0.2, -0.15) is 10.4 Å². The molecule has 1 saturated heterocycles. The second kappa shape index (κ2) is 8.30. The van der Waals surface area contributed by atoms with Gasteiger partial charge in [0.2, 0.25) is 0 Å². The Labute approximate surface area is 200 Å². The van der Waals surface area contributed by atoms with Crippen LogP contribution in [-0.2, 0) is 6.54 Å². The van der Waals surface area contributed by atoms with Crippen molar-refractivity contribution in [1.82, 2.24) is 29.5 Å². The highest BCUT2D eigenvalue weighted by Crippen LogP contribution is 2.40. The third-order valence-corrected chi connectivity index (χ3v) is 6.91. The second-order valence-electron chi connectivity index (χ2n) is 8.57. The number of carboxylic acid groups (broad SMARTS) is 1. The van der Waals surface area contributed by atoms with Gasteiger partial charge in [0.1, 0.15) is 30.6 Å². The number of nitrogen functional groups attached to an aromatic ring is 1. The summed E-state index contributed by atoms with van der Waals surface area (Å²) in [5.41, 5.74) is 9.22. The van der Waals surface area contributed by atoms with Crippen molar-refractivity contribution in [2.75, 3.05) is 32.0 Å². The molecule has 0 radical (unpaired) electrons. The van der Waals surface area contributed by atoms with Crippen LogP contribution in [0.1, 0.15) is 35.3 Å². The molecule has 176 valence electrons. The van der Waals surface area contributed by atoms with Crippen LogP contribution < -0.4 is 10.5 Å². The molecular formula is C22H23ClN8O3. The number of hydrogen-bond acceptors (Lipinski definition) is 8. The van der Waals surface area contributed by atoms with Gasteiger partial charge in [0, 0.05) is 43.3 Å². The molecule has 0 bridgehead atoms.